The molecule has 1 aliphatic carbocycles. The van der Waals surface area contributed by atoms with E-state index in [1.165, 1.54) is 24.0 Å². The molecular weight excluding hydrogens is 246 g/mol. The summed E-state index contributed by atoms with van der Waals surface area (Å²) in [5, 5.41) is 0. The first-order valence-electron chi connectivity index (χ1n) is 7.20. The number of nitrogens with zero attached hydrogens (tertiary/aromatic N) is 2. The van der Waals surface area contributed by atoms with Gasteiger partial charge in [0.25, 0.3) is 5.92 Å². The Morgan fingerprint density at radius 3 is 2.68 bits per heavy atom. The summed E-state index contributed by atoms with van der Waals surface area (Å²) < 4.78 is 26.3. The zero-order valence-electron chi connectivity index (χ0n) is 11.2. The molecule has 1 fully saturated rings. The Balaban J connectivity index is 1.70. The predicted molar refractivity (Wildman–Crippen MR) is 70.3 cm³/mol. The molecule has 4 heteroatoms. The van der Waals surface area contributed by atoms with Gasteiger partial charge in [0.1, 0.15) is 0 Å². The molecule has 0 saturated carbocycles. The largest absolute Gasteiger partial charge is 0.297 e. The van der Waals surface area contributed by atoms with Gasteiger partial charge >= 0.3 is 0 Å². The first-order chi connectivity index (χ1) is 9.14. The van der Waals surface area contributed by atoms with Gasteiger partial charge in [-0.2, -0.15) is 0 Å². The minimum absolute atomic E-state index is 0.0119. The summed E-state index contributed by atoms with van der Waals surface area (Å²) in [7, 11) is 0. The fourth-order valence-electron chi connectivity index (χ4n) is 3.12. The lowest BCUT2D eigenvalue weighted by Crippen LogP contribution is -2.39. The van der Waals surface area contributed by atoms with E-state index < -0.39 is 5.92 Å². The van der Waals surface area contributed by atoms with Crippen molar-refractivity contribution in [2.75, 3.05) is 13.1 Å². The molecule has 1 saturated heterocycles. The molecule has 3 rings (SSSR count). The van der Waals surface area contributed by atoms with E-state index >= 15 is 0 Å². The Kier molecular flexibility index (Phi) is 3.52. The number of likely N-dealkylation sites (tertiary alicyclic amines) is 1. The molecule has 0 atom stereocenters. The van der Waals surface area contributed by atoms with E-state index in [4.69, 9.17) is 0 Å². The molecule has 104 valence electrons. The number of rotatable bonds is 2. The molecule has 1 aromatic heterocycles. The molecular formula is C15H20F2N2. The number of hydrogen-bond donors (Lipinski definition) is 0. The standard InChI is InChI=1S/C15H20F2N2/c16-15(17)6-9-19(10-7-15)11-14-13-4-2-1-3-12(13)5-8-18-14/h5,8H,1-4,6-7,9-11H2. The second-order valence-corrected chi connectivity index (χ2v) is 5.73. The minimum atomic E-state index is -2.46. The van der Waals surface area contributed by atoms with Crippen LogP contribution in [0.2, 0.25) is 0 Å². The van der Waals surface area contributed by atoms with Gasteiger partial charge in [-0.15, -0.1) is 0 Å². The lowest BCUT2D eigenvalue weighted by Gasteiger charge is -2.32. The number of piperidine rings is 1. The Labute approximate surface area is 112 Å². The molecule has 0 N–H and O–H groups in total. The maximum atomic E-state index is 13.1. The number of aryl methyl sites for hydroxylation is 1. The quantitative estimate of drug-likeness (QED) is 0.817. The van der Waals surface area contributed by atoms with Crippen LogP contribution in [0.1, 0.15) is 42.5 Å². The molecule has 0 bridgehead atoms. The van der Waals surface area contributed by atoms with Gasteiger partial charge in [0.2, 0.25) is 0 Å². The maximum Gasteiger partial charge on any atom is 0.250 e. The van der Waals surface area contributed by atoms with Crippen molar-refractivity contribution < 1.29 is 8.78 Å². The second-order valence-electron chi connectivity index (χ2n) is 5.73. The van der Waals surface area contributed by atoms with Gasteiger partial charge in [-0.05, 0) is 42.9 Å². The number of aromatic nitrogens is 1. The Hall–Kier alpha value is -1.03. The van der Waals surface area contributed by atoms with Crippen LogP contribution in [0.15, 0.2) is 12.3 Å². The van der Waals surface area contributed by atoms with Crippen LogP contribution >= 0.6 is 0 Å². The third kappa shape index (κ3) is 2.94. The average Bonchev–Trinajstić information content (AvgIpc) is 2.42. The van der Waals surface area contributed by atoms with Crippen molar-refractivity contribution in [2.24, 2.45) is 0 Å². The van der Waals surface area contributed by atoms with Crippen LogP contribution in [0, 0.1) is 0 Å². The van der Waals surface area contributed by atoms with Crippen molar-refractivity contribution in [3.8, 4) is 0 Å². The van der Waals surface area contributed by atoms with Crippen molar-refractivity contribution >= 4 is 0 Å². The maximum absolute atomic E-state index is 13.1. The highest BCUT2D eigenvalue weighted by Crippen LogP contribution is 2.29. The molecule has 0 radical (unpaired) electrons. The van der Waals surface area contributed by atoms with Gasteiger partial charge in [0, 0.05) is 38.7 Å². The molecule has 1 aliphatic heterocycles. The van der Waals surface area contributed by atoms with E-state index in [2.05, 4.69) is 16.0 Å². The van der Waals surface area contributed by atoms with Crippen molar-refractivity contribution in [3.05, 3.63) is 29.1 Å². The third-order valence-electron chi connectivity index (χ3n) is 4.33. The summed E-state index contributed by atoms with van der Waals surface area (Å²) in [6, 6.07) is 2.11. The zero-order valence-corrected chi connectivity index (χ0v) is 11.2. The van der Waals surface area contributed by atoms with E-state index in [0.29, 0.717) is 13.1 Å². The van der Waals surface area contributed by atoms with Gasteiger partial charge in [-0.3, -0.25) is 9.88 Å². The summed E-state index contributed by atoms with van der Waals surface area (Å²) in [5.41, 5.74) is 3.91. The molecule has 2 heterocycles. The van der Waals surface area contributed by atoms with E-state index in [9.17, 15) is 8.78 Å². The van der Waals surface area contributed by atoms with Gasteiger partial charge in [-0.1, -0.05) is 0 Å². The number of hydrogen-bond acceptors (Lipinski definition) is 2. The molecule has 0 aromatic carbocycles. The average molecular weight is 266 g/mol. The van der Waals surface area contributed by atoms with Crippen LogP contribution in [-0.2, 0) is 19.4 Å². The van der Waals surface area contributed by atoms with Gasteiger partial charge in [0.15, 0.2) is 0 Å². The lowest BCUT2D eigenvalue weighted by atomic mass is 9.91. The fraction of sp³-hybridized carbons (Fsp3) is 0.667. The molecule has 0 amide bonds. The minimum Gasteiger partial charge on any atom is -0.297 e. The summed E-state index contributed by atoms with van der Waals surface area (Å²) in [5.74, 6) is -2.46. The smallest absolute Gasteiger partial charge is 0.250 e. The van der Waals surface area contributed by atoms with E-state index in [1.54, 1.807) is 0 Å². The van der Waals surface area contributed by atoms with Crippen molar-refractivity contribution in [3.63, 3.8) is 0 Å². The highest BCUT2D eigenvalue weighted by Gasteiger charge is 2.34. The number of halogens is 2. The number of pyridine rings is 1. The summed E-state index contributed by atoms with van der Waals surface area (Å²) in [6.45, 7) is 1.70. The second kappa shape index (κ2) is 5.16. The van der Waals surface area contributed by atoms with Crippen molar-refractivity contribution in [1.29, 1.82) is 0 Å². The van der Waals surface area contributed by atoms with Crippen LogP contribution < -0.4 is 0 Å². The first-order valence-corrected chi connectivity index (χ1v) is 7.20. The molecule has 1 aromatic rings. The van der Waals surface area contributed by atoms with E-state index in [0.717, 1.165) is 25.1 Å². The molecule has 19 heavy (non-hydrogen) atoms. The molecule has 0 spiro atoms. The Morgan fingerprint density at radius 1 is 1.16 bits per heavy atom. The molecule has 2 aliphatic rings. The highest BCUT2D eigenvalue weighted by atomic mass is 19.3. The van der Waals surface area contributed by atoms with Gasteiger partial charge in [-0.25, -0.2) is 8.78 Å². The van der Waals surface area contributed by atoms with Crippen LogP contribution in [0.5, 0.6) is 0 Å². The normalized spacial score (nSPS) is 23.1. The Morgan fingerprint density at radius 2 is 1.89 bits per heavy atom. The van der Waals surface area contributed by atoms with E-state index in [-0.39, 0.29) is 12.8 Å². The van der Waals surface area contributed by atoms with Gasteiger partial charge < -0.3 is 0 Å². The van der Waals surface area contributed by atoms with Crippen LogP contribution in [0.3, 0.4) is 0 Å². The summed E-state index contributed by atoms with van der Waals surface area (Å²) in [6.07, 6.45) is 6.57. The topological polar surface area (TPSA) is 16.1 Å². The summed E-state index contributed by atoms with van der Waals surface area (Å²) in [4.78, 5) is 6.61. The van der Waals surface area contributed by atoms with E-state index in [1.807, 2.05) is 6.20 Å². The lowest BCUT2D eigenvalue weighted by molar-refractivity contribution is -0.0568. The first kappa shape index (κ1) is 13.0. The van der Waals surface area contributed by atoms with Crippen molar-refractivity contribution in [2.45, 2.75) is 51.0 Å². The van der Waals surface area contributed by atoms with Crippen LogP contribution in [0.25, 0.3) is 0 Å². The highest BCUT2D eigenvalue weighted by molar-refractivity contribution is 5.32. The third-order valence-corrected chi connectivity index (χ3v) is 4.33. The number of alkyl halides is 2. The fourth-order valence-corrected chi connectivity index (χ4v) is 3.12. The van der Waals surface area contributed by atoms with Crippen LogP contribution in [0.4, 0.5) is 8.78 Å². The monoisotopic (exact) mass is 266 g/mol. The predicted octanol–water partition coefficient (Wildman–Crippen LogP) is 3.19. The van der Waals surface area contributed by atoms with Crippen molar-refractivity contribution in [1.82, 2.24) is 9.88 Å². The molecule has 2 nitrogen and oxygen atoms in total. The SMILES string of the molecule is FC1(F)CCN(Cc2nccc3c2CCCC3)CC1. The summed E-state index contributed by atoms with van der Waals surface area (Å²) >= 11 is 0. The molecule has 0 unspecified atom stereocenters. The van der Waals surface area contributed by atoms with Gasteiger partial charge in [0.05, 0.1) is 5.69 Å². The Bertz CT molecular complexity index is 449. The zero-order chi connectivity index (χ0) is 13.3. The number of fused-ring (bicyclic) bond motifs is 1. The van der Waals surface area contributed by atoms with Crippen LogP contribution in [-0.4, -0.2) is 28.9 Å².